The van der Waals surface area contributed by atoms with Gasteiger partial charge >= 0.3 is 5.97 Å². The number of carboxylic acid groups (broad SMARTS) is 1. The fourth-order valence-corrected chi connectivity index (χ4v) is 7.21. The molecule has 2 aromatic carbocycles. The minimum Gasteiger partial charge on any atom is -0.489 e. The van der Waals surface area contributed by atoms with Gasteiger partial charge in [-0.3, -0.25) is 4.79 Å². The maximum absolute atomic E-state index is 11.5. The van der Waals surface area contributed by atoms with E-state index in [1.165, 1.54) is 12.8 Å². The molecule has 2 saturated carbocycles. The molecule has 226 valence electrons. The van der Waals surface area contributed by atoms with Crippen molar-refractivity contribution in [1.29, 1.82) is 0 Å². The third-order valence-electron chi connectivity index (χ3n) is 8.82. The summed E-state index contributed by atoms with van der Waals surface area (Å²) < 4.78 is 11.9. The molecule has 2 N–H and O–H groups in total. The zero-order chi connectivity index (χ0) is 29.9. The van der Waals surface area contributed by atoms with E-state index >= 15 is 0 Å². The van der Waals surface area contributed by atoms with Crippen molar-refractivity contribution < 1.29 is 24.3 Å². The minimum atomic E-state index is -1.02. The predicted octanol–water partition coefficient (Wildman–Crippen LogP) is 9.81. The van der Waals surface area contributed by atoms with Crippen LogP contribution < -0.4 is 4.74 Å². The van der Waals surface area contributed by atoms with Crippen LogP contribution in [-0.2, 0) is 17.0 Å². The number of aliphatic carboxylic acids is 1. The van der Waals surface area contributed by atoms with E-state index in [2.05, 4.69) is 12.1 Å². The molecule has 0 radical (unpaired) electrons. The average Bonchev–Trinajstić information content (AvgIpc) is 3.70. The Morgan fingerprint density at radius 3 is 2.45 bits per heavy atom. The van der Waals surface area contributed by atoms with Crippen molar-refractivity contribution >= 4 is 40.8 Å². The van der Waals surface area contributed by atoms with Gasteiger partial charge in [0, 0.05) is 23.5 Å². The van der Waals surface area contributed by atoms with Gasteiger partial charge in [-0.2, -0.15) is 0 Å². The van der Waals surface area contributed by atoms with Gasteiger partial charge in [-0.15, -0.1) is 0 Å². The van der Waals surface area contributed by atoms with Crippen LogP contribution in [0.2, 0.25) is 15.1 Å². The van der Waals surface area contributed by atoms with Crippen molar-refractivity contribution in [2.75, 3.05) is 0 Å². The molecule has 1 heterocycles. The summed E-state index contributed by atoms with van der Waals surface area (Å²) in [6, 6.07) is 10.7. The number of carboxylic acids is 1. The predicted molar refractivity (Wildman–Crippen MR) is 165 cm³/mol. The van der Waals surface area contributed by atoms with Crippen molar-refractivity contribution in [3.05, 3.63) is 68.4 Å². The molecule has 3 aromatic rings. The SMILES string of the molecule is CCCCCCC(CCC(=O)O)C1CC(O)(c2ccc(OCc3c(-c4c(Cl)cccc4Cl)noc3C3CC3)cc2Cl)C1. The number of carbonyl (C=O) groups is 1. The maximum Gasteiger partial charge on any atom is 0.303 e. The first kappa shape index (κ1) is 31.2. The molecule has 9 heteroatoms. The van der Waals surface area contributed by atoms with Gasteiger partial charge in [-0.05, 0) is 68.2 Å². The molecule has 0 bridgehead atoms. The maximum atomic E-state index is 11.5. The summed E-state index contributed by atoms with van der Waals surface area (Å²) in [4.78, 5) is 11.2. The van der Waals surface area contributed by atoms with Crippen LogP contribution in [0.25, 0.3) is 11.3 Å². The molecule has 0 amide bonds. The highest BCUT2D eigenvalue weighted by Gasteiger charge is 2.47. The fraction of sp³-hybridized carbons (Fsp3) is 0.515. The highest BCUT2D eigenvalue weighted by molar-refractivity contribution is 6.39. The van der Waals surface area contributed by atoms with Gasteiger partial charge in [0.2, 0.25) is 0 Å². The van der Waals surface area contributed by atoms with E-state index in [4.69, 9.17) is 44.1 Å². The van der Waals surface area contributed by atoms with Gasteiger partial charge in [-0.25, -0.2) is 0 Å². The lowest BCUT2D eigenvalue weighted by Gasteiger charge is -2.48. The molecular weight excluding hydrogens is 597 g/mol. The molecule has 5 rings (SSSR count). The summed E-state index contributed by atoms with van der Waals surface area (Å²) >= 11 is 19.7. The van der Waals surface area contributed by atoms with Crippen molar-refractivity contribution in [2.24, 2.45) is 11.8 Å². The summed E-state index contributed by atoms with van der Waals surface area (Å²) in [5.41, 5.74) is 1.68. The van der Waals surface area contributed by atoms with Crippen molar-refractivity contribution in [3.8, 4) is 17.0 Å². The van der Waals surface area contributed by atoms with Crippen LogP contribution in [0.4, 0.5) is 0 Å². The Bertz CT molecular complexity index is 1380. The average molecular weight is 635 g/mol. The number of ether oxygens (including phenoxy) is 1. The zero-order valence-corrected chi connectivity index (χ0v) is 26.1. The molecule has 0 aliphatic heterocycles. The Labute approximate surface area is 262 Å². The van der Waals surface area contributed by atoms with Gasteiger partial charge in [0.05, 0.1) is 26.2 Å². The molecule has 2 fully saturated rings. The van der Waals surface area contributed by atoms with Crippen LogP contribution in [0.3, 0.4) is 0 Å². The lowest BCUT2D eigenvalue weighted by molar-refractivity contribution is -0.138. The third kappa shape index (κ3) is 7.10. The summed E-state index contributed by atoms with van der Waals surface area (Å²) in [5.74, 6) is 1.49. The van der Waals surface area contributed by atoms with E-state index < -0.39 is 11.6 Å². The van der Waals surface area contributed by atoms with E-state index in [-0.39, 0.29) is 18.9 Å². The molecule has 6 nitrogen and oxygen atoms in total. The number of nitrogens with zero attached hydrogens (tertiary/aromatic N) is 1. The number of hydrogen-bond acceptors (Lipinski definition) is 5. The van der Waals surface area contributed by atoms with Crippen LogP contribution in [0.15, 0.2) is 40.9 Å². The van der Waals surface area contributed by atoms with E-state index in [1.807, 2.05) is 12.1 Å². The molecule has 42 heavy (non-hydrogen) atoms. The molecule has 1 atom stereocenters. The number of hydrogen-bond donors (Lipinski definition) is 2. The van der Waals surface area contributed by atoms with E-state index in [0.717, 1.165) is 43.4 Å². The quantitative estimate of drug-likeness (QED) is 0.162. The molecule has 2 aliphatic rings. The number of benzene rings is 2. The second-order valence-corrected chi connectivity index (χ2v) is 13.1. The Balaban J connectivity index is 1.26. The zero-order valence-electron chi connectivity index (χ0n) is 23.9. The second kappa shape index (κ2) is 13.6. The number of aliphatic hydroxyl groups is 1. The summed E-state index contributed by atoms with van der Waals surface area (Å²) in [6.07, 6.45) is 9.67. The summed E-state index contributed by atoms with van der Waals surface area (Å²) in [6.45, 7) is 2.39. The topological polar surface area (TPSA) is 92.8 Å². The number of unbranched alkanes of at least 4 members (excludes halogenated alkanes) is 3. The Kier molecular flexibility index (Phi) is 10.1. The first-order valence-corrected chi connectivity index (χ1v) is 16.1. The molecule has 1 aromatic heterocycles. The minimum absolute atomic E-state index is 0.166. The highest BCUT2D eigenvalue weighted by Crippen LogP contribution is 2.53. The van der Waals surface area contributed by atoms with Crippen molar-refractivity contribution in [2.45, 2.75) is 95.7 Å². The lowest BCUT2D eigenvalue weighted by atomic mass is 9.61. The fourth-order valence-electron chi connectivity index (χ4n) is 6.29. The third-order valence-corrected chi connectivity index (χ3v) is 9.76. The standard InChI is InChI=1S/C33H38Cl3NO5/c1-2-3-4-5-7-20(12-15-29(38)39)22-17-33(40,18-22)25-14-13-23(16-28(25)36)41-19-24-31(37-42-32(24)21-10-11-21)30-26(34)8-6-9-27(30)35/h6,8-9,13-14,16,20-22,40H,2-5,7,10-12,15,17-19H2,1H3,(H,38,39). The van der Waals surface area contributed by atoms with Crippen LogP contribution in [0, 0.1) is 11.8 Å². The molecule has 2 aliphatic carbocycles. The smallest absolute Gasteiger partial charge is 0.303 e. The summed E-state index contributed by atoms with van der Waals surface area (Å²) in [5, 5.41) is 26.5. The Morgan fingerprint density at radius 2 is 1.81 bits per heavy atom. The number of halogens is 3. The Hall–Kier alpha value is -2.25. The molecule has 0 spiro atoms. The first-order valence-electron chi connectivity index (χ1n) is 15.0. The van der Waals surface area contributed by atoms with E-state index in [9.17, 15) is 15.0 Å². The second-order valence-electron chi connectivity index (χ2n) is 11.9. The van der Waals surface area contributed by atoms with Gasteiger partial charge in [0.25, 0.3) is 0 Å². The molecule has 0 saturated heterocycles. The van der Waals surface area contributed by atoms with Gasteiger partial charge in [-0.1, -0.05) is 91.1 Å². The number of rotatable bonds is 15. The van der Waals surface area contributed by atoms with Gasteiger partial charge in [0.15, 0.2) is 0 Å². The largest absolute Gasteiger partial charge is 0.489 e. The highest BCUT2D eigenvalue weighted by atomic mass is 35.5. The van der Waals surface area contributed by atoms with Crippen molar-refractivity contribution in [3.63, 3.8) is 0 Å². The number of aromatic nitrogens is 1. The lowest BCUT2D eigenvalue weighted by Crippen LogP contribution is -2.44. The van der Waals surface area contributed by atoms with Gasteiger partial charge in [0.1, 0.15) is 23.8 Å². The normalized spacial score (nSPS) is 20.7. The summed E-state index contributed by atoms with van der Waals surface area (Å²) in [7, 11) is 0. The molecular formula is C33H38Cl3NO5. The van der Waals surface area contributed by atoms with Crippen LogP contribution >= 0.6 is 34.8 Å². The Morgan fingerprint density at radius 1 is 1.07 bits per heavy atom. The van der Waals surface area contributed by atoms with Crippen LogP contribution in [-0.4, -0.2) is 21.3 Å². The monoisotopic (exact) mass is 633 g/mol. The van der Waals surface area contributed by atoms with Crippen LogP contribution in [0.1, 0.15) is 100 Å². The van der Waals surface area contributed by atoms with Crippen molar-refractivity contribution in [1.82, 2.24) is 5.16 Å². The molecule has 1 unspecified atom stereocenters. The van der Waals surface area contributed by atoms with E-state index in [0.29, 0.717) is 68.7 Å². The first-order chi connectivity index (χ1) is 20.2. The van der Waals surface area contributed by atoms with E-state index in [1.54, 1.807) is 24.3 Å². The van der Waals surface area contributed by atoms with Crippen LogP contribution in [0.5, 0.6) is 5.75 Å². The van der Waals surface area contributed by atoms with Gasteiger partial charge < -0.3 is 19.5 Å².